The number of piperidine rings is 1. The van der Waals surface area contributed by atoms with Crippen molar-refractivity contribution in [2.45, 2.75) is 32.2 Å². The zero-order valence-corrected chi connectivity index (χ0v) is 18.4. The van der Waals surface area contributed by atoms with E-state index in [1.807, 2.05) is 42.3 Å². The Bertz CT molecular complexity index is 1050. The first kappa shape index (κ1) is 21.0. The van der Waals surface area contributed by atoms with E-state index < -0.39 is 0 Å². The maximum Gasteiger partial charge on any atom is 0.246 e. The van der Waals surface area contributed by atoms with Crippen LogP contribution in [0, 0.1) is 6.92 Å². The molecule has 2 N–H and O–H groups in total. The number of thiazole rings is 1. The molecule has 0 radical (unpaired) electrons. The quantitative estimate of drug-likeness (QED) is 0.543. The summed E-state index contributed by atoms with van der Waals surface area (Å²) in [6.07, 6.45) is 7.68. The van der Waals surface area contributed by atoms with Gasteiger partial charge in [-0.1, -0.05) is 12.6 Å². The fourth-order valence-corrected chi connectivity index (χ4v) is 4.37. The fraction of sp³-hybridized carbons (Fsp3) is 0.304. The molecule has 1 aliphatic heterocycles. The van der Waals surface area contributed by atoms with Crippen molar-refractivity contribution < 1.29 is 4.79 Å². The fourth-order valence-electron chi connectivity index (χ4n) is 3.69. The van der Waals surface area contributed by atoms with Gasteiger partial charge in [0.15, 0.2) is 5.13 Å². The lowest BCUT2D eigenvalue weighted by Gasteiger charge is -2.33. The number of aryl methyl sites for hydroxylation is 1. The number of likely N-dealkylation sites (tertiary alicyclic amines) is 1. The molecule has 1 fully saturated rings. The minimum Gasteiger partial charge on any atom is -0.365 e. The Kier molecular flexibility index (Phi) is 6.57. The first-order chi connectivity index (χ1) is 15.1. The van der Waals surface area contributed by atoms with Crippen molar-refractivity contribution in [2.24, 2.45) is 0 Å². The van der Waals surface area contributed by atoms with Gasteiger partial charge in [-0.05, 0) is 55.7 Å². The molecule has 0 saturated carbocycles. The second-order valence-electron chi connectivity index (χ2n) is 7.62. The Morgan fingerprint density at radius 3 is 2.94 bits per heavy atom. The Morgan fingerprint density at radius 2 is 2.19 bits per heavy atom. The van der Waals surface area contributed by atoms with E-state index in [2.05, 4.69) is 33.2 Å². The van der Waals surface area contributed by atoms with Crippen LogP contribution in [0.1, 0.15) is 29.0 Å². The number of rotatable bonds is 7. The molecule has 0 aromatic carbocycles. The molecule has 3 aromatic rings. The summed E-state index contributed by atoms with van der Waals surface area (Å²) in [5, 5.41) is 7.66. The molecular weight excluding hydrogens is 408 g/mol. The molecule has 1 atom stereocenters. The maximum absolute atomic E-state index is 12.0. The van der Waals surface area contributed by atoms with Crippen LogP contribution in [0.15, 0.2) is 55.4 Å². The zero-order valence-electron chi connectivity index (χ0n) is 17.5. The van der Waals surface area contributed by atoms with Crippen LogP contribution < -0.4 is 10.6 Å². The molecule has 3 aromatic heterocycles. The van der Waals surface area contributed by atoms with Gasteiger partial charge in [-0.3, -0.25) is 9.78 Å². The minimum atomic E-state index is -0.0233. The molecule has 0 spiro atoms. The normalized spacial score (nSPS) is 16.0. The number of nitrogens with one attached hydrogen (secondary N) is 2. The lowest BCUT2D eigenvalue weighted by molar-refractivity contribution is -0.127. The van der Waals surface area contributed by atoms with Gasteiger partial charge >= 0.3 is 0 Å². The zero-order chi connectivity index (χ0) is 21.6. The second kappa shape index (κ2) is 9.70. The standard InChI is InChI=1S/C23H26N6OS/c1-3-22(30)29-10-6-8-19(15-29)26-20-12-17(11-18-7-4-5-9-24-18)13-21(27-20)28-23-25-14-16(2)31-23/h3-5,7,9,12-14,19H,1,6,8,10-11,15H2,2H3,(H2,25,26,27,28)/t19-/m0/s1. The smallest absolute Gasteiger partial charge is 0.246 e. The molecule has 7 nitrogen and oxygen atoms in total. The van der Waals surface area contributed by atoms with Crippen LogP contribution in [0.4, 0.5) is 16.8 Å². The average molecular weight is 435 g/mol. The van der Waals surface area contributed by atoms with E-state index in [0.717, 1.165) is 52.3 Å². The third-order valence-corrected chi connectivity index (χ3v) is 5.94. The van der Waals surface area contributed by atoms with Crippen LogP contribution in [0.3, 0.4) is 0 Å². The number of pyridine rings is 2. The average Bonchev–Trinajstić information content (AvgIpc) is 3.18. The highest BCUT2D eigenvalue weighted by Crippen LogP contribution is 2.25. The molecule has 4 heterocycles. The molecule has 0 aliphatic carbocycles. The summed E-state index contributed by atoms with van der Waals surface area (Å²) in [4.78, 5) is 28.6. The molecule has 4 rings (SSSR count). The van der Waals surface area contributed by atoms with E-state index in [-0.39, 0.29) is 11.9 Å². The van der Waals surface area contributed by atoms with Gasteiger partial charge in [0, 0.05) is 48.5 Å². The Hall–Kier alpha value is -3.26. The molecule has 160 valence electrons. The van der Waals surface area contributed by atoms with Crippen molar-refractivity contribution >= 4 is 34.0 Å². The van der Waals surface area contributed by atoms with E-state index in [1.165, 1.54) is 6.08 Å². The Labute approximate surface area is 186 Å². The predicted molar refractivity (Wildman–Crippen MR) is 125 cm³/mol. The number of anilines is 3. The van der Waals surface area contributed by atoms with Gasteiger partial charge in [0.05, 0.1) is 0 Å². The van der Waals surface area contributed by atoms with Gasteiger partial charge in [0.1, 0.15) is 11.6 Å². The van der Waals surface area contributed by atoms with Crippen molar-refractivity contribution in [2.75, 3.05) is 23.7 Å². The lowest BCUT2D eigenvalue weighted by Crippen LogP contribution is -2.44. The molecular formula is C23H26N6OS. The summed E-state index contributed by atoms with van der Waals surface area (Å²) in [6, 6.07) is 10.2. The Morgan fingerprint density at radius 1 is 1.32 bits per heavy atom. The number of carbonyl (C=O) groups is 1. The van der Waals surface area contributed by atoms with Crippen LogP contribution in [0.2, 0.25) is 0 Å². The summed E-state index contributed by atoms with van der Waals surface area (Å²) in [7, 11) is 0. The topological polar surface area (TPSA) is 83.0 Å². The van der Waals surface area contributed by atoms with E-state index >= 15 is 0 Å². The highest BCUT2D eigenvalue weighted by Gasteiger charge is 2.22. The summed E-state index contributed by atoms with van der Waals surface area (Å²) >= 11 is 1.59. The third-order valence-electron chi connectivity index (χ3n) is 5.11. The maximum atomic E-state index is 12.0. The lowest BCUT2D eigenvalue weighted by atomic mass is 10.1. The van der Waals surface area contributed by atoms with Crippen molar-refractivity contribution in [3.63, 3.8) is 0 Å². The molecule has 8 heteroatoms. The first-order valence-electron chi connectivity index (χ1n) is 10.4. The van der Waals surface area contributed by atoms with Crippen LogP contribution in [-0.4, -0.2) is 44.9 Å². The first-order valence-corrected chi connectivity index (χ1v) is 11.2. The van der Waals surface area contributed by atoms with Crippen LogP contribution in [0.5, 0.6) is 0 Å². The van der Waals surface area contributed by atoms with Crippen LogP contribution >= 0.6 is 11.3 Å². The summed E-state index contributed by atoms with van der Waals surface area (Å²) in [6.45, 7) is 7.05. The number of hydrogen-bond acceptors (Lipinski definition) is 7. The molecule has 1 aliphatic rings. The minimum absolute atomic E-state index is 0.0233. The number of carbonyl (C=O) groups excluding carboxylic acids is 1. The van der Waals surface area contributed by atoms with Crippen molar-refractivity contribution in [1.82, 2.24) is 19.9 Å². The van der Waals surface area contributed by atoms with Gasteiger partial charge < -0.3 is 15.5 Å². The summed E-state index contributed by atoms with van der Waals surface area (Å²) < 4.78 is 0. The van der Waals surface area contributed by atoms with E-state index in [4.69, 9.17) is 4.98 Å². The third kappa shape index (κ3) is 5.67. The monoisotopic (exact) mass is 434 g/mol. The molecule has 1 amide bonds. The van der Waals surface area contributed by atoms with E-state index in [9.17, 15) is 4.79 Å². The molecule has 1 saturated heterocycles. The summed E-state index contributed by atoms with van der Waals surface area (Å²) in [5.41, 5.74) is 2.10. The molecule has 31 heavy (non-hydrogen) atoms. The van der Waals surface area contributed by atoms with Crippen molar-refractivity contribution in [1.29, 1.82) is 0 Å². The van der Waals surface area contributed by atoms with Crippen LogP contribution in [0.25, 0.3) is 0 Å². The van der Waals surface area contributed by atoms with Crippen molar-refractivity contribution in [3.05, 3.63) is 71.5 Å². The second-order valence-corrected chi connectivity index (χ2v) is 8.85. The van der Waals surface area contributed by atoms with Gasteiger partial charge in [-0.15, -0.1) is 11.3 Å². The molecule has 0 bridgehead atoms. The number of nitrogens with zero attached hydrogens (tertiary/aromatic N) is 4. The highest BCUT2D eigenvalue weighted by atomic mass is 32.1. The van der Waals surface area contributed by atoms with E-state index in [1.54, 1.807) is 17.5 Å². The predicted octanol–water partition coefficient (Wildman–Crippen LogP) is 4.16. The van der Waals surface area contributed by atoms with Crippen LogP contribution in [-0.2, 0) is 11.2 Å². The van der Waals surface area contributed by atoms with E-state index in [0.29, 0.717) is 13.0 Å². The van der Waals surface area contributed by atoms with Gasteiger partial charge in [-0.25, -0.2) is 9.97 Å². The van der Waals surface area contributed by atoms with Gasteiger partial charge in [-0.2, -0.15) is 0 Å². The number of hydrogen-bond donors (Lipinski definition) is 2. The largest absolute Gasteiger partial charge is 0.365 e. The van der Waals surface area contributed by atoms with Crippen molar-refractivity contribution in [3.8, 4) is 0 Å². The summed E-state index contributed by atoms with van der Waals surface area (Å²) in [5.74, 6) is 1.49. The SMILES string of the molecule is C=CC(=O)N1CCC[C@H](Nc2cc(Cc3ccccn3)cc(Nc3ncc(C)s3)n2)C1. The number of amides is 1. The Balaban J connectivity index is 1.56. The highest BCUT2D eigenvalue weighted by molar-refractivity contribution is 7.15. The molecule has 0 unspecified atom stereocenters. The van der Waals surface area contributed by atoms with Gasteiger partial charge in [0.2, 0.25) is 5.91 Å². The van der Waals surface area contributed by atoms with Gasteiger partial charge in [0.25, 0.3) is 0 Å². The number of aromatic nitrogens is 3.